The second-order valence-electron chi connectivity index (χ2n) is 8.61. The molecule has 3 fully saturated rings. The lowest BCUT2D eigenvalue weighted by Gasteiger charge is -2.41. The van der Waals surface area contributed by atoms with Gasteiger partial charge in [0.05, 0.1) is 17.2 Å². The fourth-order valence-electron chi connectivity index (χ4n) is 5.25. The Kier molecular flexibility index (Phi) is 5.38. The molecule has 1 aromatic rings. The summed E-state index contributed by atoms with van der Waals surface area (Å²) in [5, 5.41) is 20.7. The van der Waals surface area contributed by atoms with Crippen LogP contribution in [0.4, 0.5) is 20.6 Å². The van der Waals surface area contributed by atoms with Crippen LogP contribution < -0.4 is 10.2 Å². The lowest BCUT2D eigenvalue weighted by molar-refractivity contribution is -0.139. The molecule has 1 spiro atoms. The van der Waals surface area contributed by atoms with Crippen molar-refractivity contribution in [3.63, 3.8) is 0 Å². The molecule has 0 aromatic heterocycles. The van der Waals surface area contributed by atoms with Crippen LogP contribution >= 0.6 is 0 Å². The van der Waals surface area contributed by atoms with Gasteiger partial charge in [-0.05, 0) is 63.1 Å². The smallest absolute Gasteiger partial charge is 0.409 e. The first-order chi connectivity index (χ1) is 13.9. The SMILES string of the molecule is O=C(O)Nc1ccc(N2CCC[C@]3(CCN(C4CCC(O)CC4)C3=O)C2)c(F)c1. The highest BCUT2D eigenvalue weighted by Gasteiger charge is 2.50. The Morgan fingerprint density at radius 1 is 1.17 bits per heavy atom. The number of nitrogens with zero attached hydrogens (tertiary/aromatic N) is 2. The van der Waals surface area contributed by atoms with Gasteiger partial charge in [0.15, 0.2) is 0 Å². The number of aliphatic hydroxyl groups excluding tert-OH is 1. The number of piperidine rings is 1. The van der Waals surface area contributed by atoms with Crippen LogP contribution in [-0.2, 0) is 4.79 Å². The van der Waals surface area contributed by atoms with Crippen molar-refractivity contribution in [2.45, 2.75) is 57.1 Å². The summed E-state index contributed by atoms with van der Waals surface area (Å²) in [5.41, 5.74) is 0.124. The minimum Gasteiger partial charge on any atom is -0.465 e. The number of likely N-dealkylation sites (tertiary alicyclic amines) is 1. The zero-order valence-corrected chi connectivity index (χ0v) is 16.4. The Labute approximate surface area is 169 Å². The molecule has 2 amide bonds. The number of carbonyl (C=O) groups excluding carboxylic acids is 1. The number of halogens is 1. The number of benzene rings is 1. The number of carboxylic acid groups (broad SMARTS) is 1. The number of carbonyl (C=O) groups is 2. The van der Waals surface area contributed by atoms with Gasteiger partial charge >= 0.3 is 6.09 Å². The molecule has 2 heterocycles. The van der Waals surface area contributed by atoms with Gasteiger partial charge in [-0.3, -0.25) is 10.1 Å². The summed E-state index contributed by atoms with van der Waals surface area (Å²) in [5.74, 6) is -0.315. The zero-order valence-electron chi connectivity index (χ0n) is 16.4. The van der Waals surface area contributed by atoms with E-state index in [2.05, 4.69) is 5.32 Å². The molecule has 2 saturated heterocycles. The van der Waals surface area contributed by atoms with E-state index in [1.54, 1.807) is 12.1 Å². The molecule has 1 aliphatic carbocycles. The fraction of sp³-hybridized carbons (Fsp3) is 0.619. The van der Waals surface area contributed by atoms with Gasteiger partial charge in [0, 0.05) is 31.4 Å². The molecular formula is C21H28FN3O4. The Morgan fingerprint density at radius 2 is 1.93 bits per heavy atom. The standard InChI is InChI=1S/C21H28FN3O4/c22-17-12-14(23-20(28)29)2-7-18(17)24-10-1-8-21(13-24)9-11-25(19(21)27)15-3-5-16(26)6-4-15/h2,7,12,15-16,23,26H,1,3-6,8-11,13H2,(H,28,29)/t15?,16?,21-/m0/s1. The van der Waals surface area contributed by atoms with Crippen molar-refractivity contribution in [3.05, 3.63) is 24.0 Å². The van der Waals surface area contributed by atoms with Gasteiger partial charge in [-0.25, -0.2) is 9.18 Å². The molecule has 158 valence electrons. The van der Waals surface area contributed by atoms with Gasteiger partial charge in [-0.1, -0.05) is 0 Å². The number of aliphatic hydroxyl groups is 1. The van der Waals surface area contributed by atoms with Crippen LogP contribution in [0.3, 0.4) is 0 Å². The molecule has 8 heteroatoms. The molecule has 0 bridgehead atoms. The van der Waals surface area contributed by atoms with Crippen molar-refractivity contribution in [1.82, 2.24) is 4.90 Å². The summed E-state index contributed by atoms with van der Waals surface area (Å²) in [6, 6.07) is 4.52. The van der Waals surface area contributed by atoms with E-state index in [0.29, 0.717) is 18.8 Å². The predicted octanol–water partition coefficient (Wildman–Crippen LogP) is 3.04. The normalized spacial score (nSPS) is 30.1. The summed E-state index contributed by atoms with van der Waals surface area (Å²) in [6.45, 7) is 1.89. The van der Waals surface area contributed by atoms with E-state index in [9.17, 15) is 19.1 Å². The molecule has 29 heavy (non-hydrogen) atoms. The summed E-state index contributed by atoms with van der Waals surface area (Å²) in [4.78, 5) is 28.1. The van der Waals surface area contributed by atoms with Crippen LogP contribution in [0, 0.1) is 11.2 Å². The van der Waals surface area contributed by atoms with Crippen LogP contribution in [0.15, 0.2) is 18.2 Å². The van der Waals surface area contributed by atoms with Crippen LogP contribution in [0.25, 0.3) is 0 Å². The first kappa shape index (κ1) is 19.9. The second kappa shape index (κ2) is 7.82. The minimum atomic E-state index is -1.24. The average molecular weight is 405 g/mol. The summed E-state index contributed by atoms with van der Waals surface area (Å²) >= 11 is 0. The third-order valence-corrected chi connectivity index (χ3v) is 6.77. The maximum atomic E-state index is 14.7. The van der Waals surface area contributed by atoms with E-state index in [1.165, 1.54) is 6.07 Å². The second-order valence-corrected chi connectivity index (χ2v) is 8.61. The Balaban J connectivity index is 1.48. The van der Waals surface area contributed by atoms with Crippen molar-refractivity contribution in [3.8, 4) is 0 Å². The Morgan fingerprint density at radius 3 is 2.62 bits per heavy atom. The molecule has 3 N–H and O–H groups in total. The van der Waals surface area contributed by atoms with E-state index in [0.717, 1.165) is 51.5 Å². The van der Waals surface area contributed by atoms with E-state index in [-0.39, 0.29) is 23.7 Å². The van der Waals surface area contributed by atoms with Gasteiger partial charge in [0.1, 0.15) is 5.82 Å². The molecule has 0 unspecified atom stereocenters. The van der Waals surface area contributed by atoms with Gasteiger partial charge in [-0.2, -0.15) is 0 Å². The number of anilines is 2. The van der Waals surface area contributed by atoms with Crippen molar-refractivity contribution in [2.75, 3.05) is 29.9 Å². The highest BCUT2D eigenvalue weighted by molar-refractivity contribution is 5.86. The van der Waals surface area contributed by atoms with Gasteiger partial charge in [-0.15, -0.1) is 0 Å². The fourth-order valence-corrected chi connectivity index (χ4v) is 5.25. The quantitative estimate of drug-likeness (QED) is 0.719. The predicted molar refractivity (Wildman–Crippen MR) is 107 cm³/mol. The number of nitrogens with one attached hydrogen (secondary N) is 1. The molecular weight excluding hydrogens is 377 g/mol. The lowest BCUT2D eigenvalue weighted by atomic mass is 9.78. The maximum Gasteiger partial charge on any atom is 0.409 e. The third kappa shape index (κ3) is 3.90. The maximum absolute atomic E-state index is 14.7. The van der Waals surface area contributed by atoms with Crippen LogP contribution in [0.5, 0.6) is 0 Å². The highest BCUT2D eigenvalue weighted by Crippen LogP contribution is 2.43. The van der Waals surface area contributed by atoms with Crippen molar-refractivity contribution < 1.29 is 24.2 Å². The summed E-state index contributed by atoms with van der Waals surface area (Å²) in [7, 11) is 0. The summed E-state index contributed by atoms with van der Waals surface area (Å²) < 4.78 is 14.7. The molecule has 2 aliphatic heterocycles. The molecule has 3 aliphatic rings. The number of hydrogen-bond donors (Lipinski definition) is 3. The van der Waals surface area contributed by atoms with Crippen LogP contribution in [0.1, 0.15) is 44.9 Å². The monoisotopic (exact) mass is 405 g/mol. The molecule has 1 saturated carbocycles. The van der Waals surface area contributed by atoms with Crippen molar-refractivity contribution in [1.29, 1.82) is 0 Å². The zero-order chi connectivity index (χ0) is 20.6. The van der Waals surface area contributed by atoms with Crippen LogP contribution in [0.2, 0.25) is 0 Å². The minimum absolute atomic E-state index is 0.174. The lowest BCUT2D eigenvalue weighted by Crippen LogP contribution is -2.50. The average Bonchev–Trinajstić information content (AvgIpc) is 2.98. The van der Waals surface area contributed by atoms with E-state index in [1.807, 2.05) is 9.80 Å². The molecule has 7 nitrogen and oxygen atoms in total. The molecule has 1 aromatic carbocycles. The molecule has 4 rings (SSSR count). The molecule has 0 radical (unpaired) electrons. The van der Waals surface area contributed by atoms with E-state index in [4.69, 9.17) is 5.11 Å². The first-order valence-corrected chi connectivity index (χ1v) is 10.4. The van der Waals surface area contributed by atoms with Crippen molar-refractivity contribution >= 4 is 23.4 Å². The largest absolute Gasteiger partial charge is 0.465 e. The molecule has 1 atom stereocenters. The Hall–Kier alpha value is -2.35. The van der Waals surface area contributed by atoms with Gasteiger partial charge in [0.2, 0.25) is 5.91 Å². The van der Waals surface area contributed by atoms with Crippen molar-refractivity contribution in [2.24, 2.45) is 5.41 Å². The number of rotatable bonds is 3. The van der Waals surface area contributed by atoms with Crippen LogP contribution in [-0.4, -0.2) is 58.9 Å². The number of hydrogen-bond acceptors (Lipinski definition) is 4. The topological polar surface area (TPSA) is 93.1 Å². The first-order valence-electron chi connectivity index (χ1n) is 10.4. The highest BCUT2D eigenvalue weighted by atomic mass is 19.1. The van der Waals surface area contributed by atoms with E-state index < -0.39 is 17.3 Å². The van der Waals surface area contributed by atoms with Gasteiger partial charge in [0.25, 0.3) is 0 Å². The number of amides is 2. The Bertz CT molecular complexity index is 796. The summed E-state index contributed by atoms with van der Waals surface area (Å²) in [6.07, 6.45) is 4.11. The van der Waals surface area contributed by atoms with E-state index >= 15 is 0 Å². The van der Waals surface area contributed by atoms with Gasteiger partial charge < -0.3 is 20.0 Å². The third-order valence-electron chi connectivity index (χ3n) is 6.77.